The van der Waals surface area contributed by atoms with Gasteiger partial charge in [0.1, 0.15) is 23.8 Å². The van der Waals surface area contributed by atoms with E-state index >= 15 is 0 Å². The number of nitrogens with two attached hydrogens (primary N) is 1. The first-order chi connectivity index (χ1) is 10.0. The quantitative estimate of drug-likeness (QED) is 0.679. The summed E-state index contributed by atoms with van der Waals surface area (Å²) in [5.41, 5.74) is 5.50. The molecule has 1 unspecified atom stereocenters. The molecule has 0 bridgehead atoms. The second-order valence-corrected chi connectivity index (χ2v) is 4.26. The zero-order valence-electron chi connectivity index (χ0n) is 10.8. The van der Waals surface area contributed by atoms with Gasteiger partial charge in [-0.05, 0) is 29.8 Å². The number of carbonyl (C=O) groups is 2. The van der Waals surface area contributed by atoms with Crippen LogP contribution in [0.1, 0.15) is 11.5 Å². The number of benzene rings is 2. The van der Waals surface area contributed by atoms with E-state index in [2.05, 4.69) is 0 Å². The number of rotatable bonds is 5. The van der Waals surface area contributed by atoms with E-state index in [1.54, 1.807) is 0 Å². The molecule has 4 nitrogen and oxygen atoms in total. The van der Waals surface area contributed by atoms with Crippen molar-refractivity contribution in [1.29, 1.82) is 0 Å². The van der Waals surface area contributed by atoms with Crippen molar-refractivity contribution in [1.82, 2.24) is 0 Å². The van der Waals surface area contributed by atoms with Crippen molar-refractivity contribution in [3.8, 4) is 11.5 Å². The molecule has 0 spiro atoms. The molecule has 0 radical (unpaired) electrons. The monoisotopic (exact) mass is 291 g/mol. The van der Waals surface area contributed by atoms with E-state index in [4.69, 9.17) is 10.5 Å². The van der Waals surface area contributed by atoms with Crippen molar-refractivity contribution in [2.45, 2.75) is 5.92 Å². The minimum Gasteiger partial charge on any atom is -0.454 e. The molecule has 0 saturated carbocycles. The van der Waals surface area contributed by atoms with E-state index in [-0.39, 0.29) is 11.5 Å². The van der Waals surface area contributed by atoms with Crippen LogP contribution in [0.4, 0.5) is 8.78 Å². The van der Waals surface area contributed by atoms with Gasteiger partial charge in [0, 0.05) is 6.07 Å². The first-order valence-corrected chi connectivity index (χ1v) is 5.98. The van der Waals surface area contributed by atoms with Gasteiger partial charge in [0.25, 0.3) is 0 Å². The third-order valence-electron chi connectivity index (χ3n) is 2.80. The van der Waals surface area contributed by atoms with E-state index in [0.29, 0.717) is 17.9 Å². The molecule has 0 saturated heterocycles. The second-order valence-electron chi connectivity index (χ2n) is 4.26. The molecule has 2 N–H and O–H groups in total. The zero-order valence-corrected chi connectivity index (χ0v) is 10.8. The first kappa shape index (κ1) is 14.6. The summed E-state index contributed by atoms with van der Waals surface area (Å²) in [4.78, 5) is 21.8. The summed E-state index contributed by atoms with van der Waals surface area (Å²) in [6, 6.07) is 8.80. The highest BCUT2D eigenvalue weighted by atomic mass is 19.1. The summed E-state index contributed by atoms with van der Waals surface area (Å²) >= 11 is 0. The molecule has 0 aliphatic carbocycles. The Kier molecular flexibility index (Phi) is 4.27. The Labute approximate surface area is 119 Å². The van der Waals surface area contributed by atoms with Crippen molar-refractivity contribution in [3.05, 3.63) is 59.7 Å². The smallest absolute Gasteiger partial charge is 0.232 e. The lowest BCUT2D eigenvalue weighted by Crippen LogP contribution is -2.22. The molecular weight excluding hydrogens is 280 g/mol. The van der Waals surface area contributed by atoms with Gasteiger partial charge in [0.05, 0.1) is 0 Å². The van der Waals surface area contributed by atoms with Crippen molar-refractivity contribution in [2.75, 3.05) is 0 Å². The SMILES string of the molecule is NC(=O)C(C=O)c1ccc(Oc2ccc(F)cc2F)cc1. The highest BCUT2D eigenvalue weighted by molar-refractivity contribution is 5.96. The van der Waals surface area contributed by atoms with Gasteiger partial charge >= 0.3 is 0 Å². The molecule has 2 aromatic carbocycles. The lowest BCUT2D eigenvalue weighted by atomic mass is 10.0. The Morgan fingerprint density at radius 1 is 1.14 bits per heavy atom. The number of aldehydes is 1. The number of hydrogen-bond acceptors (Lipinski definition) is 3. The van der Waals surface area contributed by atoms with Gasteiger partial charge in [-0.15, -0.1) is 0 Å². The molecule has 0 aliphatic heterocycles. The van der Waals surface area contributed by atoms with Gasteiger partial charge in [-0.3, -0.25) is 4.79 Å². The maximum atomic E-state index is 13.4. The van der Waals surface area contributed by atoms with Gasteiger partial charge < -0.3 is 15.3 Å². The summed E-state index contributed by atoms with van der Waals surface area (Å²) in [7, 11) is 0. The lowest BCUT2D eigenvalue weighted by molar-refractivity contribution is -0.123. The summed E-state index contributed by atoms with van der Waals surface area (Å²) in [6.45, 7) is 0. The molecule has 0 heterocycles. The van der Waals surface area contributed by atoms with E-state index in [1.807, 2.05) is 0 Å². The van der Waals surface area contributed by atoms with Crippen molar-refractivity contribution in [3.63, 3.8) is 0 Å². The summed E-state index contributed by atoms with van der Waals surface area (Å²) < 4.78 is 31.4. The van der Waals surface area contributed by atoms with Crippen LogP contribution >= 0.6 is 0 Å². The van der Waals surface area contributed by atoms with Crippen molar-refractivity contribution < 1.29 is 23.1 Å². The fourth-order valence-electron chi connectivity index (χ4n) is 1.74. The first-order valence-electron chi connectivity index (χ1n) is 5.98. The molecule has 108 valence electrons. The maximum absolute atomic E-state index is 13.4. The second kappa shape index (κ2) is 6.13. The third kappa shape index (κ3) is 3.42. The highest BCUT2D eigenvalue weighted by Crippen LogP contribution is 2.26. The van der Waals surface area contributed by atoms with Crippen LogP contribution in [0.2, 0.25) is 0 Å². The summed E-state index contributed by atoms with van der Waals surface area (Å²) in [5.74, 6) is -3.19. The van der Waals surface area contributed by atoms with Crippen LogP contribution in [0.3, 0.4) is 0 Å². The van der Waals surface area contributed by atoms with Crippen molar-refractivity contribution in [2.24, 2.45) is 5.73 Å². The van der Waals surface area contributed by atoms with Crippen LogP contribution in [-0.2, 0) is 9.59 Å². The van der Waals surface area contributed by atoms with Gasteiger partial charge in [-0.25, -0.2) is 8.78 Å². The molecule has 6 heteroatoms. The van der Waals surface area contributed by atoms with Gasteiger partial charge in [-0.2, -0.15) is 0 Å². The minimum atomic E-state index is -1.04. The van der Waals surface area contributed by atoms with E-state index < -0.39 is 23.5 Å². The van der Waals surface area contributed by atoms with Crippen LogP contribution in [0, 0.1) is 11.6 Å². The standard InChI is InChI=1S/C15H11F2NO3/c16-10-3-6-14(13(17)7-10)21-11-4-1-9(2-5-11)12(8-19)15(18)20/h1-8,12H,(H2,18,20). The molecule has 21 heavy (non-hydrogen) atoms. The third-order valence-corrected chi connectivity index (χ3v) is 2.80. The Hall–Kier alpha value is -2.76. The average molecular weight is 291 g/mol. The molecule has 1 atom stereocenters. The van der Waals surface area contributed by atoms with Crippen LogP contribution < -0.4 is 10.5 Å². The number of carbonyl (C=O) groups excluding carboxylic acids is 2. The normalized spacial score (nSPS) is 11.7. The topological polar surface area (TPSA) is 69.4 Å². The summed E-state index contributed by atoms with van der Waals surface area (Å²) in [6.07, 6.45) is 0.442. The predicted molar refractivity (Wildman–Crippen MR) is 70.9 cm³/mol. The van der Waals surface area contributed by atoms with Crippen LogP contribution in [0.25, 0.3) is 0 Å². The Morgan fingerprint density at radius 2 is 1.81 bits per heavy atom. The summed E-state index contributed by atoms with van der Waals surface area (Å²) in [5, 5.41) is 0. The van der Waals surface area contributed by atoms with E-state index in [9.17, 15) is 18.4 Å². The van der Waals surface area contributed by atoms with E-state index in [0.717, 1.165) is 12.1 Å². The number of ether oxygens (including phenoxy) is 1. The fourth-order valence-corrected chi connectivity index (χ4v) is 1.74. The minimum absolute atomic E-state index is 0.133. The van der Waals surface area contributed by atoms with Crippen molar-refractivity contribution >= 4 is 12.2 Å². The van der Waals surface area contributed by atoms with Gasteiger partial charge in [0.15, 0.2) is 11.6 Å². The molecule has 2 rings (SSSR count). The molecule has 0 fully saturated rings. The molecular formula is C15H11F2NO3. The van der Waals surface area contributed by atoms with Gasteiger partial charge in [0.2, 0.25) is 5.91 Å². The number of amides is 1. The highest BCUT2D eigenvalue weighted by Gasteiger charge is 2.16. The largest absolute Gasteiger partial charge is 0.454 e. The maximum Gasteiger partial charge on any atom is 0.232 e. The van der Waals surface area contributed by atoms with Crippen LogP contribution in [0.15, 0.2) is 42.5 Å². The van der Waals surface area contributed by atoms with E-state index in [1.165, 1.54) is 24.3 Å². The average Bonchev–Trinajstić information content (AvgIpc) is 2.44. The Morgan fingerprint density at radius 3 is 2.33 bits per heavy atom. The number of primary amides is 1. The molecule has 2 aromatic rings. The fraction of sp³-hybridized carbons (Fsp3) is 0.0667. The van der Waals surface area contributed by atoms with Crippen LogP contribution in [0.5, 0.6) is 11.5 Å². The molecule has 0 aliphatic rings. The van der Waals surface area contributed by atoms with Gasteiger partial charge in [-0.1, -0.05) is 12.1 Å². The predicted octanol–water partition coefficient (Wildman–Crippen LogP) is 2.52. The Bertz CT molecular complexity index is 671. The lowest BCUT2D eigenvalue weighted by Gasteiger charge is -2.09. The Balaban J connectivity index is 2.19. The molecule has 1 amide bonds. The van der Waals surface area contributed by atoms with Crippen LogP contribution in [-0.4, -0.2) is 12.2 Å². The number of halogens is 2. The zero-order chi connectivity index (χ0) is 15.4. The molecule has 0 aromatic heterocycles. The number of hydrogen-bond donors (Lipinski definition) is 1.